The second-order valence-electron chi connectivity index (χ2n) is 13.1. The zero-order valence-corrected chi connectivity index (χ0v) is 32.9. The van der Waals surface area contributed by atoms with Gasteiger partial charge < -0.3 is 38.6 Å². The van der Waals surface area contributed by atoms with Crippen molar-refractivity contribution >= 4 is 33.2 Å². The van der Waals surface area contributed by atoms with Crippen molar-refractivity contribution in [2.45, 2.75) is 18.9 Å². The molecule has 1 atom stereocenters. The standard InChI is InChI=1S/C41H47F4N4O7S/c1-48(2)31-11-13-36-38(23-31)57-39-24-32(12-14-37(39)47-36)49(3)16-18-52-20-22-53-21-19-51-17-15-46-26-35(56-40(50)41(43,44)45)28-55-34-6-4-5-33(25-34)54-27-29-7-9-30(42)10-8-29/h4-14,23-25,35,46H,15-22,26-28H2,1-3H3/q+1/t35-/m1/s1. The highest BCUT2D eigenvalue weighted by Gasteiger charge is 2.42. The van der Waals surface area contributed by atoms with Crippen molar-refractivity contribution in [2.75, 3.05) is 91.9 Å². The zero-order chi connectivity index (χ0) is 40.6. The summed E-state index contributed by atoms with van der Waals surface area (Å²) in [6, 6.07) is 24.8. The van der Waals surface area contributed by atoms with Crippen LogP contribution in [0.5, 0.6) is 11.5 Å². The van der Waals surface area contributed by atoms with Gasteiger partial charge in [-0.25, -0.2) is 18.7 Å². The minimum Gasteiger partial charge on any atom is -0.490 e. The van der Waals surface area contributed by atoms with Crippen LogP contribution in [-0.2, 0) is 30.3 Å². The Morgan fingerprint density at radius 1 is 0.860 bits per heavy atom. The number of rotatable bonds is 22. The first-order valence-corrected chi connectivity index (χ1v) is 19.1. The Bertz CT molecular complexity index is 2060. The summed E-state index contributed by atoms with van der Waals surface area (Å²) < 4.78 is 88.0. The number of benzene rings is 4. The molecule has 16 heteroatoms. The molecule has 2 aliphatic rings. The van der Waals surface area contributed by atoms with Crippen molar-refractivity contribution < 1.29 is 50.8 Å². The van der Waals surface area contributed by atoms with Crippen LogP contribution in [0.4, 0.5) is 23.2 Å². The van der Waals surface area contributed by atoms with E-state index in [1.54, 1.807) is 47.7 Å². The van der Waals surface area contributed by atoms with Crippen LogP contribution < -0.4 is 29.6 Å². The van der Waals surface area contributed by atoms with Gasteiger partial charge in [0.05, 0.1) is 60.4 Å². The van der Waals surface area contributed by atoms with E-state index >= 15 is 0 Å². The molecule has 0 fully saturated rings. The van der Waals surface area contributed by atoms with Crippen LogP contribution in [0.3, 0.4) is 0 Å². The van der Waals surface area contributed by atoms with Gasteiger partial charge in [-0.05, 0) is 54.1 Å². The average molecular weight is 816 g/mol. The summed E-state index contributed by atoms with van der Waals surface area (Å²) in [6.45, 7) is 2.94. The summed E-state index contributed by atoms with van der Waals surface area (Å²) in [6.07, 6.45) is -6.39. The number of fused-ring (bicyclic) bond motifs is 2. The van der Waals surface area contributed by atoms with E-state index in [1.807, 2.05) is 27.2 Å². The maximum atomic E-state index is 13.2. The minimum absolute atomic E-state index is 0.109. The molecular weight excluding hydrogens is 769 g/mol. The van der Waals surface area contributed by atoms with E-state index in [4.69, 9.17) is 28.7 Å². The van der Waals surface area contributed by atoms with E-state index in [-0.39, 0.29) is 38.7 Å². The number of alkyl halides is 3. The first kappa shape index (κ1) is 43.3. The SMILES string of the molecule is CN(CCOCCOCCOCCNC[C@H](COc1cccc(OCc2ccc(F)cc2)c1)OC(=O)C(F)(F)F)c1ccc2nc3ccc(=[N+](C)C)cc-3sc2c1. The number of ether oxygens (including phenoxy) is 6. The van der Waals surface area contributed by atoms with E-state index in [2.05, 4.69) is 49.9 Å². The summed E-state index contributed by atoms with van der Waals surface area (Å²) in [7, 11) is 6.07. The van der Waals surface area contributed by atoms with E-state index in [0.29, 0.717) is 51.1 Å². The van der Waals surface area contributed by atoms with Crippen molar-refractivity contribution in [1.82, 2.24) is 14.9 Å². The van der Waals surface area contributed by atoms with Crippen molar-refractivity contribution in [3.05, 3.63) is 102 Å². The van der Waals surface area contributed by atoms with Crippen LogP contribution in [0, 0.1) is 5.82 Å². The molecule has 0 spiro atoms. The first-order chi connectivity index (χ1) is 27.4. The number of likely N-dealkylation sites (N-methyl/N-ethyl adjacent to an activating group) is 1. The number of hydrogen-bond acceptors (Lipinski definition) is 11. The lowest BCUT2D eigenvalue weighted by Gasteiger charge is -2.20. The Hall–Kier alpha value is -4.87. The first-order valence-electron chi connectivity index (χ1n) is 18.3. The molecule has 3 aromatic rings. The van der Waals surface area contributed by atoms with Crippen LogP contribution in [0.1, 0.15) is 5.56 Å². The predicted octanol–water partition coefficient (Wildman–Crippen LogP) is 5.78. The third-order valence-corrected chi connectivity index (χ3v) is 9.57. The van der Waals surface area contributed by atoms with Crippen molar-refractivity contribution in [1.29, 1.82) is 0 Å². The van der Waals surface area contributed by atoms with Crippen LogP contribution in [0.25, 0.3) is 20.8 Å². The van der Waals surface area contributed by atoms with Crippen molar-refractivity contribution in [3.8, 4) is 22.1 Å². The molecule has 0 saturated carbocycles. The molecule has 1 aliphatic carbocycles. The number of halogens is 4. The molecule has 0 aromatic heterocycles. The van der Waals surface area contributed by atoms with Crippen LogP contribution in [0.15, 0.2) is 84.9 Å². The number of esters is 1. The third-order valence-electron chi connectivity index (χ3n) is 8.48. The third kappa shape index (κ3) is 14.2. The highest BCUT2D eigenvalue weighted by atomic mass is 32.1. The molecule has 1 N–H and O–H groups in total. The van der Waals surface area contributed by atoms with Crippen LogP contribution in [0.2, 0.25) is 0 Å². The molecule has 1 aliphatic heterocycles. The van der Waals surface area contributed by atoms with E-state index in [0.717, 1.165) is 37.4 Å². The van der Waals surface area contributed by atoms with E-state index < -0.39 is 18.2 Å². The lowest BCUT2D eigenvalue weighted by molar-refractivity contribution is -0.205. The van der Waals surface area contributed by atoms with Gasteiger partial charge in [-0.1, -0.05) is 18.2 Å². The van der Waals surface area contributed by atoms with Gasteiger partial charge in [-0.15, -0.1) is 11.3 Å². The Kier molecular flexibility index (Phi) is 16.4. The molecule has 0 amide bonds. The molecule has 0 unspecified atom stereocenters. The maximum absolute atomic E-state index is 13.2. The molecule has 0 radical (unpaired) electrons. The Balaban J connectivity index is 0.931. The number of anilines is 1. The fourth-order valence-corrected chi connectivity index (χ4v) is 6.37. The fourth-order valence-electron chi connectivity index (χ4n) is 5.34. The lowest BCUT2D eigenvalue weighted by atomic mass is 10.2. The molecule has 57 heavy (non-hydrogen) atoms. The van der Waals surface area contributed by atoms with Crippen molar-refractivity contribution in [2.24, 2.45) is 0 Å². The van der Waals surface area contributed by atoms with Gasteiger partial charge in [0.1, 0.15) is 50.7 Å². The smallest absolute Gasteiger partial charge is 0.490 e. The van der Waals surface area contributed by atoms with Crippen molar-refractivity contribution in [3.63, 3.8) is 0 Å². The quantitative estimate of drug-likeness (QED) is 0.0304. The Labute approximate surface area is 332 Å². The van der Waals surface area contributed by atoms with Gasteiger partial charge in [0.25, 0.3) is 0 Å². The van der Waals surface area contributed by atoms with Gasteiger partial charge >= 0.3 is 12.1 Å². The molecular formula is C41H47F4N4O7S+. The van der Waals surface area contributed by atoms with Gasteiger partial charge in [0, 0.05) is 50.6 Å². The summed E-state index contributed by atoms with van der Waals surface area (Å²) in [5.74, 6) is -1.94. The highest BCUT2D eigenvalue weighted by Crippen LogP contribution is 2.31. The number of nitrogens with zero attached hydrogens (tertiary/aromatic N) is 3. The molecule has 0 bridgehead atoms. The molecule has 0 saturated heterocycles. The summed E-state index contributed by atoms with van der Waals surface area (Å²) in [5.41, 5.74) is 3.77. The molecule has 1 heterocycles. The predicted molar refractivity (Wildman–Crippen MR) is 211 cm³/mol. The normalized spacial score (nSPS) is 12.1. The molecule has 5 rings (SSSR count). The van der Waals surface area contributed by atoms with Gasteiger partial charge in [-0.2, -0.15) is 13.2 Å². The second kappa shape index (κ2) is 21.6. The van der Waals surface area contributed by atoms with Gasteiger partial charge in [0.2, 0.25) is 5.36 Å². The number of nitrogens with one attached hydrogen (secondary N) is 1. The van der Waals surface area contributed by atoms with Crippen LogP contribution >= 0.6 is 11.3 Å². The Morgan fingerprint density at radius 2 is 1.56 bits per heavy atom. The fraction of sp³-hybridized carbons (Fsp3) is 0.390. The zero-order valence-electron chi connectivity index (χ0n) is 32.1. The number of carbonyl (C=O) groups excluding carboxylic acids is 1. The summed E-state index contributed by atoms with van der Waals surface area (Å²) in [5, 5.41) is 4.06. The second-order valence-corrected chi connectivity index (χ2v) is 14.2. The average Bonchev–Trinajstić information content (AvgIpc) is 3.19. The van der Waals surface area contributed by atoms with E-state index in [9.17, 15) is 22.4 Å². The molecule has 3 aromatic carbocycles. The monoisotopic (exact) mass is 815 g/mol. The Morgan fingerprint density at radius 3 is 2.28 bits per heavy atom. The van der Waals surface area contributed by atoms with Gasteiger partial charge in [-0.3, -0.25) is 0 Å². The topological polar surface area (TPSA) is 104 Å². The largest absolute Gasteiger partial charge is 0.490 e. The number of hydrogen-bond donors (Lipinski definition) is 1. The molecule has 11 nitrogen and oxygen atoms in total. The highest BCUT2D eigenvalue weighted by molar-refractivity contribution is 7.21. The number of aromatic nitrogens is 1. The summed E-state index contributed by atoms with van der Waals surface area (Å²) in [4.78, 5) is 19.7. The van der Waals surface area contributed by atoms with Gasteiger partial charge in [0.15, 0.2) is 0 Å². The van der Waals surface area contributed by atoms with E-state index in [1.165, 1.54) is 12.1 Å². The van der Waals surface area contributed by atoms with Crippen LogP contribution in [-0.4, -0.2) is 110 Å². The maximum Gasteiger partial charge on any atom is 0.490 e. The number of carbonyl (C=O) groups is 1. The minimum atomic E-state index is -5.15. The lowest BCUT2D eigenvalue weighted by Crippen LogP contribution is -2.40. The summed E-state index contributed by atoms with van der Waals surface area (Å²) >= 11 is 1.72. The molecule has 306 valence electrons.